The zero-order chi connectivity index (χ0) is 12.1. The highest BCUT2D eigenvalue weighted by molar-refractivity contribution is 6.20. The van der Waals surface area contributed by atoms with Gasteiger partial charge < -0.3 is 5.32 Å². The van der Waals surface area contributed by atoms with E-state index in [4.69, 9.17) is 11.6 Å². The summed E-state index contributed by atoms with van der Waals surface area (Å²) in [6, 6.07) is 4.10. The van der Waals surface area contributed by atoms with Crippen LogP contribution in [0, 0.1) is 12.8 Å². The Morgan fingerprint density at radius 1 is 1.35 bits per heavy atom. The van der Waals surface area contributed by atoms with Gasteiger partial charge in [-0.2, -0.15) is 0 Å². The summed E-state index contributed by atoms with van der Waals surface area (Å²) in [7, 11) is 0. The Bertz CT molecular complexity index is 346. The average Bonchev–Trinajstić information content (AvgIpc) is 2.34. The molecule has 0 saturated heterocycles. The van der Waals surface area contributed by atoms with Crippen LogP contribution in [-0.4, -0.2) is 16.9 Å². The van der Waals surface area contributed by atoms with E-state index in [0.29, 0.717) is 5.38 Å². The fourth-order valence-electron chi connectivity index (χ4n) is 2.42. The van der Waals surface area contributed by atoms with Crippen molar-refractivity contribution in [2.45, 2.75) is 44.5 Å². The second-order valence-corrected chi connectivity index (χ2v) is 5.63. The molecule has 1 aliphatic carbocycles. The summed E-state index contributed by atoms with van der Waals surface area (Å²) in [5.41, 5.74) is 2.43. The van der Waals surface area contributed by atoms with Crippen molar-refractivity contribution < 1.29 is 0 Å². The number of halogens is 1. The Balaban J connectivity index is 1.71. The number of pyridine rings is 1. The van der Waals surface area contributed by atoms with E-state index < -0.39 is 0 Å². The van der Waals surface area contributed by atoms with Crippen LogP contribution in [0.1, 0.15) is 36.9 Å². The van der Waals surface area contributed by atoms with Gasteiger partial charge in [0.25, 0.3) is 0 Å². The lowest BCUT2D eigenvalue weighted by atomic mass is 9.89. The standard InChI is InChI=1S/C14H21ClN2/c1-11-3-2-8-17-14(11)10-16-9-12-4-6-13(15)7-5-12/h2-3,8,12-13,16H,4-7,9-10H2,1H3. The van der Waals surface area contributed by atoms with E-state index in [0.717, 1.165) is 19.0 Å². The van der Waals surface area contributed by atoms with Gasteiger partial charge in [0, 0.05) is 18.1 Å². The first kappa shape index (κ1) is 12.8. The summed E-state index contributed by atoms with van der Waals surface area (Å²) < 4.78 is 0. The van der Waals surface area contributed by atoms with Crippen molar-refractivity contribution in [3.63, 3.8) is 0 Å². The van der Waals surface area contributed by atoms with Crippen molar-refractivity contribution in [1.29, 1.82) is 0 Å². The fraction of sp³-hybridized carbons (Fsp3) is 0.643. The van der Waals surface area contributed by atoms with Gasteiger partial charge in [0.15, 0.2) is 0 Å². The van der Waals surface area contributed by atoms with Gasteiger partial charge in [0.05, 0.1) is 5.69 Å². The fourth-order valence-corrected chi connectivity index (χ4v) is 2.68. The van der Waals surface area contributed by atoms with Gasteiger partial charge in [-0.1, -0.05) is 6.07 Å². The van der Waals surface area contributed by atoms with Crippen LogP contribution in [0.25, 0.3) is 0 Å². The molecule has 1 heterocycles. The maximum atomic E-state index is 6.10. The number of hydrogen-bond donors (Lipinski definition) is 1. The van der Waals surface area contributed by atoms with Crippen LogP contribution in [0.2, 0.25) is 0 Å². The number of hydrogen-bond acceptors (Lipinski definition) is 2. The van der Waals surface area contributed by atoms with Crippen LogP contribution < -0.4 is 5.32 Å². The number of aryl methyl sites for hydroxylation is 1. The Morgan fingerprint density at radius 2 is 2.12 bits per heavy atom. The molecule has 3 heteroatoms. The molecule has 2 nitrogen and oxygen atoms in total. The molecular weight excluding hydrogens is 232 g/mol. The predicted molar refractivity (Wildman–Crippen MR) is 72.3 cm³/mol. The third kappa shape index (κ3) is 3.97. The van der Waals surface area contributed by atoms with Gasteiger partial charge in [0.2, 0.25) is 0 Å². The Labute approximate surface area is 109 Å². The molecule has 0 radical (unpaired) electrons. The van der Waals surface area contributed by atoms with Gasteiger partial charge in [-0.3, -0.25) is 4.98 Å². The molecular formula is C14H21ClN2. The monoisotopic (exact) mass is 252 g/mol. The lowest BCUT2D eigenvalue weighted by Gasteiger charge is -2.25. The summed E-state index contributed by atoms with van der Waals surface area (Å²) in [5, 5.41) is 3.94. The largest absolute Gasteiger partial charge is 0.311 e. The molecule has 1 N–H and O–H groups in total. The highest BCUT2D eigenvalue weighted by Gasteiger charge is 2.18. The van der Waals surface area contributed by atoms with Gasteiger partial charge in [0.1, 0.15) is 0 Å². The van der Waals surface area contributed by atoms with E-state index >= 15 is 0 Å². The molecule has 1 fully saturated rings. The number of aromatic nitrogens is 1. The molecule has 0 unspecified atom stereocenters. The minimum atomic E-state index is 0.421. The first-order valence-corrected chi connectivity index (χ1v) is 6.94. The zero-order valence-electron chi connectivity index (χ0n) is 10.5. The van der Waals surface area contributed by atoms with Crippen LogP contribution in [0.4, 0.5) is 0 Å². The summed E-state index contributed by atoms with van der Waals surface area (Å²) >= 11 is 6.10. The first-order valence-electron chi connectivity index (χ1n) is 6.51. The third-order valence-corrected chi connectivity index (χ3v) is 4.06. The quantitative estimate of drug-likeness (QED) is 0.832. The van der Waals surface area contributed by atoms with E-state index in [1.165, 1.54) is 36.9 Å². The lowest BCUT2D eigenvalue weighted by Crippen LogP contribution is -2.26. The Kier molecular flexibility index (Phi) is 4.81. The molecule has 0 bridgehead atoms. The molecule has 1 aromatic rings. The number of rotatable bonds is 4. The van der Waals surface area contributed by atoms with Gasteiger partial charge in [-0.05, 0) is 56.7 Å². The third-order valence-electron chi connectivity index (χ3n) is 3.62. The smallest absolute Gasteiger partial charge is 0.0570 e. The first-order chi connectivity index (χ1) is 8.25. The Morgan fingerprint density at radius 3 is 2.82 bits per heavy atom. The van der Waals surface area contributed by atoms with E-state index in [1.54, 1.807) is 0 Å². The van der Waals surface area contributed by atoms with E-state index in [9.17, 15) is 0 Å². The minimum Gasteiger partial charge on any atom is -0.311 e. The molecule has 1 aromatic heterocycles. The number of nitrogens with one attached hydrogen (secondary N) is 1. The Hall–Kier alpha value is -0.600. The summed E-state index contributed by atoms with van der Waals surface area (Å²) in [4.78, 5) is 4.39. The minimum absolute atomic E-state index is 0.421. The second-order valence-electron chi connectivity index (χ2n) is 5.02. The molecule has 17 heavy (non-hydrogen) atoms. The molecule has 94 valence electrons. The highest BCUT2D eigenvalue weighted by atomic mass is 35.5. The van der Waals surface area contributed by atoms with Crippen LogP contribution in [-0.2, 0) is 6.54 Å². The predicted octanol–water partition coefficient (Wildman–Crippen LogP) is 3.28. The highest BCUT2D eigenvalue weighted by Crippen LogP contribution is 2.26. The molecule has 0 amide bonds. The molecule has 0 atom stereocenters. The van der Waals surface area contributed by atoms with Crippen LogP contribution >= 0.6 is 11.6 Å². The molecule has 0 aromatic carbocycles. The maximum Gasteiger partial charge on any atom is 0.0570 e. The summed E-state index contributed by atoms with van der Waals surface area (Å²) in [6.07, 6.45) is 6.75. The van der Waals surface area contributed by atoms with Crippen LogP contribution in [0.3, 0.4) is 0 Å². The molecule has 0 aliphatic heterocycles. The molecule has 1 saturated carbocycles. The SMILES string of the molecule is Cc1cccnc1CNCC1CCC(Cl)CC1. The zero-order valence-corrected chi connectivity index (χ0v) is 11.2. The van der Waals surface area contributed by atoms with Gasteiger partial charge in [-0.25, -0.2) is 0 Å². The van der Waals surface area contributed by atoms with Crippen molar-refractivity contribution in [3.8, 4) is 0 Å². The van der Waals surface area contributed by atoms with E-state index in [1.807, 2.05) is 12.3 Å². The molecule has 2 rings (SSSR count). The number of nitrogens with zero attached hydrogens (tertiary/aromatic N) is 1. The summed E-state index contributed by atoms with van der Waals surface area (Å²) in [5.74, 6) is 0.800. The average molecular weight is 253 g/mol. The second kappa shape index (κ2) is 6.36. The lowest BCUT2D eigenvalue weighted by molar-refractivity contribution is 0.345. The number of alkyl halides is 1. The van der Waals surface area contributed by atoms with Crippen LogP contribution in [0.15, 0.2) is 18.3 Å². The van der Waals surface area contributed by atoms with Crippen molar-refractivity contribution in [2.24, 2.45) is 5.92 Å². The van der Waals surface area contributed by atoms with Crippen molar-refractivity contribution >= 4 is 11.6 Å². The summed E-state index contributed by atoms with van der Waals surface area (Å²) in [6.45, 7) is 4.09. The maximum absolute atomic E-state index is 6.10. The molecule has 0 spiro atoms. The van der Waals surface area contributed by atoms with Gasteiger partial charge >= 0.3 is 0 Å². The topological polar surface area (TPSA) is 24.9 Å². The van der Waals surface area contributed by atoms with E-state index in [-0.39, 0.29) is 0 Å². The van der Waals surface area contributed by atoms with Crippen molar-refractivity contribution in [1.82, 2.24) is 10.3 Å². The van der Waals surface area contributed by atoms with E-state index in [2.05, 4.69) is 23.3 Å². The van der Waals surface area contributed by atoms with Crippen molar-refractivity contribution in [3.05, 3.63) is 29.6 Å². The van der Waals surface area contributed by atoms with Gasteiger partial charge in [-0.15, -0.1) is 11.6 Å². The van der Waals surface area contributed by atoms with Crippen LogP contribution in [0.5, 0.6) is 0 Å². The molecule has 1 aliphatic rings. The normalized spacial score (nSPS) is 24.8. The van der Waals surface area contributed by atoms with Crippen molar-refractivity contribution in [2.75, 3.05) is 6.54 Å².